The minimum Gasteiger partial charge on any atom is -0.322 e. The van der Waals surface area contributed by atoms with Crippen LogP contribution in [0.1, 0.15) is 28.5 Å². The normalized spacial score (nSPS) is 16.7. The minimum absolute atomic E-state index is 0. The van der Waals surface area contributed by atoms with Crippen molar-refractivity contribution in [1.29, 1.82) is 0 Å². The van der Waals surface area contributed by atoms with Crippen molar-refractivity contribution < 1.29 is 4.79 Å². The number of amides is 1. The number of aryl methyl sites for hydroxylation is 1. The molecule has 4 nitrogen and oxygen atoms in total. The number of nitrogens with two attached hydrogens (primary N) is 1. The second-order valence-electron chi connectivity index (χ2n) is 4.99. The van der Waals surface area contributed by atoms with Gasteiger partial charge in [-0.25, -0.2) is 4.98 Å². The summed E-state index contributed by atoms with van der Waals surface area (Å²) in [5.74, 6) is 0.373. The van der Waals surface area contributed by atoms with E-state index < -0.39 is 0 Å². The Balaban J connectivity index is 0.00000161. The van der Waals surface area contributed by atoms with E-state index in [0.29, 0.717) is 11.0 Å². The molecular weight excluding hydrogens is 306 g/mol. The molecule has 3 rings (SSSR count). The fourth-order valence-electron chi connectivity index (χ4n) is 2.61. The zero-order valence-electron chi connectivity index (χ0n) is 11.5. The van der Waals surface area contributed by atoms with Gasteiger partial charge in [0.15, 0.2) is 5.13 Å². The van der Waals surface area contributed by atoms with E-state index in [9.17, 15) is 4.79 Å². The SMILES string of the molecule is Cl.NCC(=O)Nc1nc2c(s1)CC(c1ccccc1)CC2. The Morgan fingerprint density at radius 2 is 2.14 bits per heavy atom. The molecule has 2 aromatic rings. The van der Waals surface area contributed by atoms with Crippen molar-refractivity contribution in [3.63, 3.8) is 0 Å². The molecule has 0 aliphatic heterocycles. The quantitative estimate of drug-likeness (QED) is 0.912. The highest BCUT2D eigenvalue weighted by Crippen LogP contribution is 2.36. The number of halogens is 1. The van der Waals surface area contributed by atoms with Crippen LogP contribution in [-0.4, -0.2) is 17.4 Å². The first kappa shape index (κ1) is 15.9. The van der Waals surface area contributed by atoms with E-state index in [4.69, 9.17) is 5.73 Å². The molecule has 3 N–H and O–H groups in total. The average Bonchev–Trinajstić information content (AvgIpc) is 2.89. The van der Waals surface area contributed by atoms with Crippen LogP contribution >= 0.6 is 23.7 Å². The highest BCUT2D eigenvalue weighted by Gasteiger charge is 2.23. The van der Waals surface area contributed by atoms with Gasteiger partial charge in [-0.15, -0.1) is 23.7 Å². The fraction of sp³-hybridized carbons (Fsp3) is 0.333. The monoisotopic (exact) mass is 323 g/mol. The number of fused-ring (bicyclic) bond motifs is 1. The molecular formula is C15H18ClN3OS. The van der Waals surface area contributed by atoms with Gasteiger partial charge in [-0.05, 0) is 30.7 Å². The standard InChI is InChI=1S/C15H17N3OS.ClH/c16-9-14(19)18-15-17-12-7-6-11(8-13(12)20-15)10-4-2-1-3-5-10;/h1-5,11H,6-9,16H2,(H,17,18,19);1H. The van der Waals surface area contributed by atoms with Crippen molar-refractivity contribution in [3.8, 4) is 0 Å². The van der Waals surface area contributed by atoms with Crippen LogP contribution in [0.2, 0.25) is 0 Å². The molecule has 1 amide bonds. The molecule has 0 fully saturated rings. The van der Waals surface area contributed by atoms with Crippen molar-refractivity contribution in [2.24, 2.45) is 5.73 Å². The van der Waals surface area contributed by atoms with Crippen LogP contribution in [0.25, 0.3) is 0 Å². The summed E-state index contributed by atoms with van der Waals surface area (Å²) in [5.41, 5.74) is 7.83. The minimum atomic E-state index is -0.185. The van der Waals surface area contributed by atoms with Gasteiger partial charge in [-0.1, -0.05) is 30.3 Å². The summed E-state index contributed by atoms with van der Waals surface area (Å²) < 4.78 is 0. The zero-order valence-corrected chi connectivity index (χ0v) is 13.2. The number of nitrogens with one attached hydrogen (secondary N) is 1. The number of benzene rings is 1. The average molecular weight is 324 g/mol. The van der Waals surface area contributed by atoms with E-state index in [1.54, 1.807) is 11.3 Å². The van der Waals surface area contributed by atoms with Crippen LogP contribution in [0.4, 0.5) is 5.13 Å². The van der Waals surface area contributed by atoms with E-state index in [1.807, 2.05) is 6.07 Å². The number of hydrogen-bond acceptors (Lipinski definition) is 4. The Hall–Kier alpha value is -1.43. The second-order valence-corrected chi connectivity index (χ2v) is 6.08. The van der Waals surface area contributed by atoms with Crippen LogP contribution in [0.3, 0.4) is 0 Å². The first-order valence-corrected chi connectivity index (χ1v) is 7.61. The summed E-state index contributed by atoms with van der Waals surface area (Å²) in [5, 5.41) is 3.43. The van der Waals surface area contributed by atoms with Gasteiger partial charge in [0.2, 0.25) is 5.91 Å². The summed E-state index contributed by atoms with van der Waals surface area (Å²) in [7, 11) is 0. The van der Waals surface area contributed by atoms with Gasteiger partial charge in [-0.3, -0.25) is 4.79 Å². The van der Waals surface area contributed by atoms with Crippen LogP contribution in [0.15, 0.2) is 30.3 Å². The van der Waals surface area contributed by atoms with Crippen molar-refractivity contribution in [1.82, 2.24) is 4.98 Å². The molecule has 0 bridgehead atoms. The Labute approximate surface area is 134 Å². The van der Waals surface area contributed by atoms with Crippen molar-refractivity contribution in [3.05, 3.63) is 46.5 Å². The predicted molar refractivity (Wildman–Crippen MR) is 88.3 cm³/mol. The van der Waals surface area contributed by atoms with Crippen LogP contribution in [-0.2, 0) is 17.6 Å². The fourth-order valence-corrected chi connectivity index (χ4v) is 3.71. The predicted octanol–water partition coefficient (Wildman–Crippen LogP) is 2.73. The largest absolute Gasteiger partial charge is 0.322 e. The van der Waals surface area contributed by atoms with Gasteiger partial charge in [0.05, 0.1) is 12.2 Å². The van der Waals surface area contributed by atoms with E-state index in [0.717, 1.165) is 25.0 Å². The number of carbonyl (C=O) groups is 1. The molecule has 1 heterocycles. The first-order chi connectivity index (χ1) is 9.76. The second kappa shape index (κ2) is 7.02. The van der Waals surface area contributed by atoms with Crippen molar-refractivity contribution in [2.75, 3.05) is 11.9 Å². The van der Waals surface area contributed by atoms with Gasteiger partial charge >= 0.3 is 0 Å². The number of nitrogens with zero attached hydrogens (tertiary/aromatic N) is 1. The molecule has 0 saturated heterocycles. The molecule has 0 radical (unpaired) electrons. The van der Waals surface area contributed by atoms with Crippen molar-refractivity contribution in [2.45, 2.75) is 25.2 Å². The Morgan fingerprint density at radius 1 is 1.38 bits per heavy atom. The van der Waals surface area contributed by atoms with Gasteiger partial charge in [0, 0.05) is 4.88 Å². The van der Waals surface area contributed by atoms with E-state index in [-0.39, 0.29) is 24.9 Å². The summed E-state index contributed by atoms with van der Waals surface area (Å²) in [6.45, 7) is -0.00309. The molecule has 112 valence electrons. The highest BCUT2D eigenvalue weighted by atomic mass is 35.5. The van der Waals surface area contributed by atoms with Crippen LogP contribution < -0.4 is 11.1 Å². The third kappa shape index (κ3) is 3.61. The molecule has 21 heavy (non-hydrogen) atoms. The maximum absolute atomic E-state index is 11.3. The number of anilines is 1. The molecule has 1 aromatic heterocycles. The number of carbonyl (C=O) groups excluding carboxylic acids is 1. The maximum atomic E-state index is 11.3. The van der Waals surface area contributed by atoms with Crippen LogP contribution in [0, 0.1) is 0 Å². The lowest BCUT2D eigenvalue weighted by Crippen LogP contribution is -2.21. The molecule has 1 aliphatic carbocycles. The van der Waals surface area contributed by atoms with Crippen LogP contribution in [0.5, 0.6) is 0 Å². The molecule has 1 unspecified atom stereocenters. The zero-order chi connectivity index (χ0) is 13.9. The van der Waals surface area contributed by atoms with Gasteiger partial charge < -0.3 is 11.1 Å². The lowest BCUT2D eigenvalue weighted by atomic mass is 9.85. The third-order valence-corrected chi connectivity index (χ3v) is 4.68. The molecule has 0 spiro atoms. The number of thiazole rings is 1. The van der Waals surface area contributed by atoms with E-state index in [1.165, 1.54) is 10.4 Å². The Bertz CT molecular complexity index is 615. The Morgan fingerprint density at radius 3 is 2.86 bits per heavy atom. The lowest BCUT2D eigenvalue weighted by Gasteiger charge is -2.21. The smallest absolute Gasteiger partial charge is 0.239 e. The van der Waals surface area contributed by atoms with Crippen molar-refractivity contribution >= 4 is 34.8 Å². The molecule has 1 atom stereocenters. The Kier molecular flexibility index (Phi) is 5.33. The summed E-state index contributed by atoms with van der Waals surface area (Å²) in [6.07, 6.45) is 3.10. The topological polar surface area (TPSA) is 68.0 Å². The van der Waals surface area contributed by atoms with E-state index in [2.05, 4.69) is 34.6 Å². The summed E-state index contributed by atoms with van der Waals surface area (Å²) in [6, 6.07) is 10.6. The molecule has 0 saturated carbocycles. The van der Waals surface area contributed by atoms with Gasteiger partial charge in [0.1, 0.15) is 0 Å². The highest BCUT2D eigenvalue weighted by molar-refractivity contribution is 7.15. The molecule has 1 aromatic carbocycles. The lowest BCUT2D eigenvalue weighted by molar-refractivity contribution is -0.114. The van der Waals surface area contributed by atoms with E-state index >= 15 is 0 Å². The van der Waals surface area contributed by atoms with Gasteiger partial charge in [-0.2, -0.15) is 0 Å². The maximum Gasteiger partial charge on any atom is 0.239 e. The van der Waals surface area contributed by atoms with Gasteiger partial charge in [0.25, 0.3) is 0 Å². The number of hydrogen-bond donors (Lipinski definition) is 2. The summed E-state index contributed by atoms with van der Waals surface area (Å²) in [4.78, 5) is 17.1. The molecule has 1 aliphatic rings. The summed E-state index contributed by atoms with van der Waals surface area (Å²) >= 11 is 1.58. The number of aromatic nitrogens is 1. The number of rotatable bonds is 3. The molecule has 6 heteroatoms. The third-order valence-electron chi connectivity index (χ3n) is 3.64. The first-order valence-electron chi connectivity index (χ1n) is 6.79.